The van der Waals surface area contributed by atoms with Gasteiger partial charge < -0.3 is 19.0 Å². The van der Waals surface area contributed by atoms with Gasteiger partial charge in [-0.2, -0.15) is 0 Å². The van der Waals surface area contributed by atoms with Crippen LogP contribution in [0.25, 0.3) is 0 Å². The Morgan fingerprint density at radius 2 is 2.04 bits per heavy atom. The molecule has 0 unspecified atom stereocenters. The smallest absolute Gasteiger partial charge is 0.129 e. The molecule has 0 amide bonds. The third-order valence-electron chi connectivity index (χ3n) is 3.83. The number of nitrogens with zero attached hydrogens (tertiary/aromatic N) is 1. The van der Waals surface area contributed by atoms with Crippen molar-refractivity contribution in [2.45, 2.75) is 39.1 Å². The van der Waals surface area contributed by atoms with Crippen LogP contribution >= 0.6 is 0 Å². The Labute approximate surface area is 143 Å². The van der Waals surface area contributed by atoms with Gasteiger partial charge in [0.15, 0.2) is 0 Å². The van der Waals surface area contributed by atoms with E-state index in [1.54, 1.807) is 13.4 Å². The summed E-state index contributed by atoms with van der Waals surface area (Å²) in [5, 5.41) is 10.3. The first-order chi connectivity index (χ1) is 11.6. The Hall–Kier alpha value is -1.82. The fraction of sp³-hybridized carbons (Fsp3) is 0.474. The monoisotopic (exact) mass is 333 g/mol. The maximum absolute atomic E-state index is 10.3. The molecule has 1 N–H and O–H groups in total. The van der Waals surface area contributed by atoms with Gasteiger partial charge in [0.25, 0.3) is 0 Å². The van der Waals surface area contributed by atoms with E-state index < -0.39 is 6.10 Å². The zero-order valence-corrected chi connectivity index (χ0v) is 14.6. The minimum atomic E-state index is -0.548. The van der Waals surface area contributed by atoms with Gasteiger partial charge in [0, 0.05) is 19.1 Å². The van der Waals surface area contributed by atoms with Crippen LogP contribution in [-0.2, 0) is 17.9 Å². The zero-order chi connectivity index (χ0) is 17.4. The number of furan rings is 1. The first-order valence-electron chi connectivity index (χ1n) is 8.23. The van der Waals surface area contributed by atoms with E-state index in [1.807, 2.05) is 30.3 Å². The summed E-state index contributed by atoms with van der Waals surface area (Å²) in [5.74, 6) is 1.61. The van der Waals surface area contributed by atoms with Gasteiger partial charge in [-0.25, -0.2) is 0 Å². The van der Waals surface area contributed by atoms with Crippen molar-refractivity contribution in [3.63, 3.8) is 0 Å². The number of hydrogen-bond acceptors (Lipinski definition) is 5. The molecule has 0 bridgehead atoms. The molecule has 5 heteroatoms. The van der Waals surface area contributed by atoms with Gasteiger partial charge in [0.2, 0.25) is 0 Å². The van der Waals surface area contributed by atoms with E-state index in [9.17, 15) is 5.11 Å². The van der Waals surface area contributed by atoms with Crippen LogP contribution < -0.4 is 4.74 Å². The summed E-state index contributed by atoms with van der Waals surface area (Å²) in [4.78, 5) is 2.22. The summed E-state index contributed by atoms with van der Waals surface area (Å²) >= 11 is 0. The summed E-state index contributed by atoms with van der Waals surface area (Å²) in [6.45, 7) is 6.20. The van der Waals surface area contributed by atoms with Gasteiger partial charge in [-0.1, -0.05) is 12.1 Å². The van der Waals surface area contributed by atoms with Gasteiger partial charge in [-0.3, -0.25) is 4.90 Å². The summed E-state index contributed by atoms with van der Waals surface area (Å²) in [7, 11) is 1.67. The Balaban J connectivity index is 1.83. The third-order valence-corrected chi connectivity index (χ3v) is 3.83. The van der Waals surface area contributed by atoms with Crippen LogP contribution in [0.3, 0.4) is 0 Å². The number of ether oxygens (including phenoxy) is 2. The lowest BCUT2D eigenvalue weighted by Gasteiger charge is -2.28. The fourth-order valence-corrected chi connectivity index (χ4v) is 2.48. The molecule has 1 atom stereocenters. The molecule has 0 aliphatic heterocycles. The Kier molecular flexibility index (Phi) is 7.31. The molecular weight excluding hydrogens is 306 g/mol. The second-order valence-corrected chi connectivity index (χ2v) is 6.12. The van der Waals surface area contributed by atoms with Crippen molar-refractivity contribution in [2.24, 2.45) is 0 Å². The van der Waals surface area contributed by atoms with E-state index in [0.717, 1.165) is 23.6 Å². The average molecular weight is 333 g/mol. The van der Waals surface area contributed by atoms with Crippen molar-refractivity contribution in [2.75, 3.05) is 20.3 Å². The molecule has 1 aromatic carbocycles. The summed E-state index contributed by atoms with van der Waals surface area (Å²) in [5.41, 5.74) is 1.16. The van der Waals surface area contributed by atoms with Crippen LogP contribution in [0.4, 0.5) is 0 Å². The van der Waals surface area contributed by atoms with E-state index in [2.05, 4.69) is 24.8 Å². The predicted molar refractivity (Wildman–Crippen MR) is 92.9 cm³/mol. The van der Waals surface area contributed by atoms with Crippen LogP contribution in [0.5, 0.6) is 5.75 Å². The van der Waals surface area contributed by atoms with Crippen molar-refractivity contribution in [1.82, 2.24) is 4.90 Å². The SMILES string of the molecule is COc1cccc(CN(C[C@@H](O)COCc2ccco2)C(C)C)c1. The van der Waals surface area contributed by atoms with Crippen LogP contribution in [-0.4, -0.2) is 42.4 Å². The number of benzene rings is 1. The third kappa shape index (κ3) is 6.00. The second kappa shape index (κ2) is 9.47. The molecule has 0 fully saturated rings. The highest BCUT2D eigenvalue weighted by atomic mass is 16.5. The topological polar surface area (TPSA) is 55.1 Å². The maximum atomic E-state index is 10.3. The molecule has 2 rings (SSSR count). The Morgan fingerprint density at radius 3 is 2.71 bits per heavy atom. The molecule has 0 saturated carbocycles. The number of aliphatic hydroxyl groups is 1. The van der Waals surface area contributed by atoms with Crippen LogP contribution in [0.15, 0.2) is 47.1 Å². The van der Waals surface area contributed by atoms with Gasteiger partial charge in [-0.15, -0.1) is 0 Å². The Morgan fingerprint density at radius 1 is 1.21 bits per heavy atom. The highest BCUT2D eigenvalue weighted by molar-refractivity contribution is 5.28. The molecule has 0 aliphatic rings. The molecule has 5 nitrogen and oxygen atoms in total. The lowest BCUT2D eigenvalue weighted by molar-refractivity contribution is -0.00116. The lowest BCUT2D eigenvalue weighted by atomic mass is 10.1. The Bertz CT molecular complexity index is 583. The molecule has 0 spiro atoms. The highest BCUT2D eigenvalue weighted by Crippen LogP contribution is 2.16. The molecule has 132 valence electrons. The highest BCUT2D eigenvalue weighted by Gasteiger charge is 2.16. The number of rotatable bonds is 10. The molecule has 24 heavy (non-hydrogen) atoms. The van der Waals surface area contributed by atoms with E-state index in [4.69, 9.17) is 13.9 Å². The van der Waals surface area contributed by atoms with Crippen molar-refractivity contribution < 1.29 is 19.0 Å². The maximum Gasteiger partial charge on any atom is 0.129 e. The van der Waals surface area contributed by atoms with Crippen molar-refractivity contribution in [1.29, 1.82) is 0 Å². The van der Waals surface area contributed by atoms with Gasteiger partial charge >= 0.3 is 0 Å². The number of aliphatic hydroxyl groups excluding tert-OH is 1. The summed E-state index contributed by atoms with van der Waals surface area (Å²) in [6, 6.07) is 12.0. The van der Waals surface area contributed by atoms with Gasteiger partial charge in [0.05, 0.1) is 26.1 Å². The molecule has 2 aromatic rings. The first kappa shape index (κ1) is 18.5. The molecular formula is C19H27NO4. The van der Waals surface area contributed by atoms with Crippen LogP contribution in [0.1, 0.15) is 25.2 Å². The van der Waals surface area contributed by atoms with Gasteiger partial charge in [0.1, 0.15) is 18.1 Å². The van der Waals surface area contributed by atoms with Gasteiger partial charge in [-0.05, 0) is 43.7 Å². The van der Waals surface area contributed by atoms with E-state index in [-0.39, 0.29) is 6.61 Å². The van der Waals surface area contributed by atoms with E-state index in [0.29, 0.717) is 19.2 Å². The largest absolute Gasteiger partial charge is 0.497 e. The first-order valence-corrected chi connectivity index (χ1v) is 8.23. The fourth-order valence-electron chi connectivity index (χ4n) is 2.48. The molecule has 1 heterocycles. The molecule has 0 radical (unpaired) electrons. The molecule has 1 aromatic heterocycles. The zero-order valence-electron chi connectivity index (χ0n) is 14.6. The number of methoxy groups -OCH3 is 1. The summed E-state index contributed by atoms with van der Waals surface area (Å²) in [6.07, 6.45) is 1.07. The van der Waals surface area contributed by atoms with Crippen LogP contribution in [0, 0.1) is 0 Å². The minimum absolute atomic E-state index is 0.280. The number of hydrogen-bond donors (Lipinski definition) is 1. The van der Waals surface area contributed by atoms with Crippen molar-refractivity contribution in [3.8, 4) is 5.75 Å². The quantitative estimate of drug-likeness (QED) is 0.724. The van der Waals surface area contributed by atoms with Crippen LogP contribution in [0.2, 0.25) is 0 Å². The standard InChI is InChI=1S/C19H27NO4/c1-15(2)20(11-16-6-4-7-18(10-16)22-3)12-17(21)13-23-14-19-8-5-9-24-19/h4-10,15,17,21H,11-14H2,1-3H3/t17-/m1/s1. The molecule has 0 aliphatic carbocycles. The van der Waals surface area contributed by atoms with E-state index in [1.165, 1.54) is 0 Å². The van der Waals surface area contributed by atoms with E-state index >= 15 is 0 Å². The van der Waals surface area contributed by atoms with Crippen molar-refractivity contribution >= 4 is 0 Å². The average Bonchev–Trinajstić information content (AvgIpc) is 3.07. The summed E-state index contributed by atoms with van der Waals surface area (Å²) < 4.78 is 16.0. The minimum Gasteiger partial charge on any atom is -0.497 e. The van der Waals surface area contributed by atoms with Crippen molar-refractivity contribution in [3.05, 3.63) is 54.0 Å². The predicted octanol–water partition coefficient (Wildman–Crippen LogP) is 3.08. The lowest BCUT2D eigenvalue weighted by Crippen LogP contribution is -2.38. The normalized spacial score (nSPS) is 12.8. The second-order valence-electron chi connectivity index (χ2n) is 6.12. The molecule has 0 saturated heterocycles.